The number of rotatable bonds is 10. The molecule has 1 atom stereocenters. The van der Waals surface area contributed by atoms with Crippen molar-refractivity contribution in [2.24, 2.45) is 5.92 Å². The number of hydrogen-bond acceptors (Lipinski definition) is 1. The second kappa shape index (κ2) is 9.99. The van der Waals surface area contributed by atoms with Gasteiger partial charge in [0.2, 0.25) is 0 Å². The van der Waals surface area contributed by atoms with Crippen molar-refractivity contribution >= 4 is 0 Å². The standard InChI is InChI=1S/C19H33N/c1-5-14-20-19(15-17(6-2)7-3)13-12-18-11-9-8-10-16(18)4/h8-11,17,19-20H,5-7,12-15H2,1-4H3. The molecule has 0 heterocycles. The van der Waals surface area contributed by atoms with E-state index in [2.05, 4.69) is 57.3 Å². The first kappa shape index (κ1) is 17.2. The highest BCUT2D eigenvalue weighted by molar-refractivity contribution is 5.25. The van der Waals surface area contributed by atoms with Crippen LogP contribution >= 0.6 is 0 Å². The molecule has 1 unspecified atom stereocenters. The van der Waals surface area contributed by atoms with Crippen LogP contribution in [0, 0.1) is 12.8 Å². The van der Waals surface area contributed by atoms with E-state index in [1.807, 2.05) is 0 Å². The molecule has 0 aliphatic heterocycles. The molecule has 1 heteroatoms. The van der Waals surface area contributed by atoms with Gasteiger partial charge in [0.15, 0.2) is 0 Å². The van der Waals surface area contributed by atoms with Gasteiger partial charge >= 0.3 is 0 Å². The Morgan fingerprint density at radius 2 is 1.75 bits per heavy atom. The second-order valence-corrected chi connectivity index (χ2v) is 6.03. The van der Waals surface area contributed by atoms with Crippen molar-refractivity contribution in [2.45, 2.75) is 72.3 Å². The molecule has 0 aromatic heterocycles. The minimum Gasteiger partial charge on any atom is -0.314 e. The zero-order chi connectivity index (χ0) is 14.8. The Morgan fingerprint density at radius 1 is 1.05 bits per heavy atom. The van der Waals surface area contributed by atoms with E-state index in [0.29, 0.717) is 6.04 Å². The molecule has 0 saturated carbocycles. The molecule has 1 rings (SSSR count). The molecule has 0 saturated heterocycles. The van der Waals surface area contributed by atoms with Crippen LogP contribution in [0.1, 0.15) is 64.0 Å². The molecular weight excluding hydrogens is 242 g/mol. The van der Waals surface area contributed by atoms with E-state index < -0.39 is 0 Å². The average Bonchev–Trinajstić information content (AvgIpc) is 2.48. The van der Waals surface area contributed by atoms with Crippen LogP contribution in [0.15, 0.2) is 24.3 Å². The summed E-state index contributed by atoms with van der Waals surface area (Å²) < 4.78 is 0. The van der Waals surface area contributed by atoms with Crippen LogP contribution in [0.4, 0.5) is 0 Å². The minimum absolute atomic E-state index is 0.680. The lowest BCUT2D eigenvalue weighted by Crippen LogP contribution is -2.32. The molecule has 20 heavy (non-hydrogen) atoms. The van der Waals surface area contributed by atoms with Gasteiger partial charge in [0.1, 0.15) is 0 Å². The van der Waals surface area contributed by atoms with E-state index in [-0.39, 0.29) is 0 Å². The molecule has 1 aromatic carbocycles. The van der Waals surface area contributed by atoms with Crippen LogP contribution in [0.3, 0.4) is 0 Å². The van der Waals surface area contributed by atoms with E-state index in [9.17, 15) is 0 Å². The first-order valence-corrected chi connectivity index (χ1v) is 8.49. The smallest absolute Gasteiger partial charge is 0.00728 e. The van der Waals surface area contributed by atoms with Gasteiger partial charge in [-0.15, -0.1) is 0 Å². The summed E-state index contributed by atoms with van der Waals surface area (Å²) in [5.41, 5.74) is 2.95. The van der Waals surface area contributed by atoms with Crippen molar-refractivity contribution in [1.82, 2.24) is 5.32 Å². The molecule has 114 valence electrons. The lowest BCUT2D eigenvalue weighted by molar-refractivity contribution is 0.351. The predicted molar refractivity (Wildman–Crippen MR) is 90.3 cm³/mol. The van der Waals surface area contributed by atoms with Gasteiger partial charge in [-0.25, -0.2) is 0 Å². The van der Waals surface area contributed by atoms with Crippen LogP contribution in [-0.4, -0.2) is 12.6 Å². The van der Waals surface area contributed by atoms with Gasteiger partial charge in [0.05, 0.1) is 0 Å². The fourth-order valence-electron chi connectivity index (χ4n) is 2.90. The normalized spacial score (nSPS) is 12.8. The van der Waals surface area contributed by atoms with E-state index >= 15 is 0 Å². The third-order valence-corrected chi connectivity index (χ3v) is 4.48. The number of aryl methyl sites for hydroxylation is 2. The molecule has 0 radical (unpaired) electrons. The highest BCUT2D eigenvalue weighted by Crippen LogP contribution is 2.19. The first-order chi connectivity index (χ1) is 9.71. The average molecular weight is 275 g/mol. The summed E-state index contributed by atoms with van der Waals surface area (Å²) in [7, 11) is 0. The highest BCUT2D eigenvalue weighted by atomic mass is 14.9. The Hall–Kier alpha value is -0.820. The molecule has 1 N–H and O–H groups in total. The van der Waals surface area contributed by atoms with Gasteiger partial charge in [-0.1, -0.05) is 57.9 Å². The number of benzene rings is 1. The summed E-state index contributed by atoms with van der Waals surface area (Å²) in [4.78, 5) is 0. The Morgan fingerprint density at radius 3 is 2.35 bits per heavy atom. The van der Waals surface area contributed by atoms with Gasteiger partial charge in [0.25, 0.3) is 0 Å². The van der Waals surface area contributed by atoms with Crippen LogP contribution < -0.4 is 5.32 Å². The van der Waals surface area contributed by atoms with Gasteiger partial charge in [-0.3, -0.25) is 0 Å². The number of hydrogen-bond donors (Lipinski definition) is 1. The second-order valence-electron chi connectivity index (χ2n) is 6.03. The summed E-state index contributed by atoms with van der Waals surface area (Å²) in [6.07, 6.45) is 7.65. The zero-order valence-corrected chi connectivity index (χ0v) is 13.9. The van der Waals surface area contributed by atoms with E-state index in [0.717, 1.165) is 12.5 Å². The molecule has 1 aromatic rings. The van der Waals surface area contributed by atoms with Crippen LogP contribution in [0.2, 0.25) is 0 Å². The molecular formula is C19H33N. The predicted octanol–water partition coefficient (Wildman–Crippen LogP) is 5.12. The van der Waals surface area contributed by atoms with Crippen molar-refractivity contribution in [1.29, 1.82) is 0 Å². The van der Waals surface area contributed by atoms with Crippen LogP contribution in [-0.2, 0) is 6.42 Å². The lowest BCUT2D eigenvalue weighted by Gasteiger charge is -2.23. The van der Waals surface area contributed by atoms with Crippen molar-refractivity contribution in [3.8, 4) is 0 Å². The Kier molecular flexibility index (Phi) is 8.60. The lowest BCUT2D eigenvalue weighted by atomic mass is 9.91. The van der Waals surface area contributed by atoms with E-state index in [1.54, 1.807) is 0 Å². The molecule has 0 fully saturated rings. The third-order valence-electron chi connectivity index (χ3n) is 4.48. The van der Waals surface area contributed by atoms with Crippen molar-refractivity contribution in [2.75, 3.05) is 6.54 Å². The van der Waals surface area contributed by atoms with Gasteiger partial charge in [-0.05, 0) is 56.2 Å². The summed E-state index contributed by atoms with van der Waals surface area (Å²) in [5, 5.41) is 3.76. The number of nitrogens with one attached hydrogen (secondary N) is 1. The largest absolute Gasteiger partial charge is 0.314 e. The maximum absolute atomic E-state index is 3.76. The molecule has 0 amide bonds. The summed E-state index contributed by atoms with van der Waals surface area (Å²) >= 11 is 0. The molecule has 0 bridgehead atoms. The fraction of sp³-hybridized carbons (Fsp3) is 0.684. The summed E-state index contributed by atoms with van der Waals surface area (Å²) in [6.45, 7) is 10.3. The molecule has 0 aliphatic carbocycles. The molecule has 0 spiro atoms. The first-order valence-electron chi connectivity index (χ1n) is 8.49. The van der Waals surface area contributed by atoms with Crippen LogP contribution in [0.25, 0.3) is 0 Å². The Bertz CT molecular complexity index is 355. The fourth-order valence-corrected chi connectivity index (χ4v) is 2.90. The van der Waals surface area contributed by atoms with Crippen molar-refractivity contribution in [3.63, 3.8) is 0 Å². The zero-order valence-electron chi connectivity index (χ0n) is 13.9. The quantitative estimate of drug-likeness (QED) is 0.625. The Labute approximate surface area is 126 Å². The minimum atomic E-state index is 0.680. The maximum Gasteiger partial charge on any atom is 0.00728 e. The molecule has 0 aliphatic rings. The van der Waals surface area contributed by atoms with E-state index in [1.165, 1.54) is 49.7 Å². The van der Waals surface area contributed by atoms with Gasteiger partial charge in [0, 0.05) is 6.04 Å². The molecule has 1 nitrogen and oxygen atoms in total. The van der Waals surface area contributed by atoms with Crippen molar-refractivity contribution < 1.29 is 0 Å². The van der Waals surface area contributed by atoms with Crippen LogP contribution in [0.5, 0.6) is 0 Å². The SMILES string of the molecule is CCCNC(CCc1ccccc1C)CC(CC)CC. The van der Waals surface area contributed by atoms with Crippen molar-refractivity contribution in [3.05, 3.63) is 35.4 Å². The highest BCUT2D eigenvalue weighted by Gasteiger charge is 2.14. The third kappa shape index (κ3) is 6.09. The monoisotopic (exact) mass is 275 g/mol. The van der Waals surface area contributed by atoms with Gasteiger partial charge < -0.3 is 5.32 Å². The maximum atomic E-state index is 3.76. The van der Waals surface area contributed by atoms with Gasteiger partial charge in [-0.2, -0.15) is 0 Å². The topological polar surface area (TPSA) is 12.0 Å². The Balaban J connectivity index is 2.53. The summed E-state index contributed by atoms with van der Waals surface area (Å²) in [5.74, 6) is 0.876. The van der Waals surface area contributed by atoms with E-state index in [4.69, 9.17) is 0 Å². The summed E-state index contributed by atoms with van der Waals surface area (Å²) in [6, 6.07) is 9.49.